The number of hydrogen-bond acceptors (Lipinski definition) is 1. The highest BCUT2D eigenvalue weighted by molar-refractivity contribution is 6.12. The van der Waals surface area contributed by atoms with E-state index in [1.807, 2.05) is 6.07 Å². The minimum absolute atomic E-state index is 0.163. The lowest BCUT2D eigenvalue weighted by Crippen LogP contribution is -2.15. The zero-order chi connectivity index (χ0) is 36.7. The topological polar surface area (TPSA) is 22.2 Å². The molecule has 3 aromatic heterocycles. The van der Waals surface area contributed by atoms with E-state index in [1.54, 1.807) is 0 Å². The summed E-state index contributed by atoms with van der Waals surface area (Å²) in [6, 6.07) is 66.1. The van der Waals surface area contributed by atoms with Crippen LogP contribution >= 0.6 is 0 Å². The molecule has 0 amide bonds. The molecule has 1 aliphatic rings. The van der Waals surface area contributed by atoms with Gasteiger partial charge in [0.25, 0.3) is 0 Å². The number of aromatic nitrogens is 3. The van der Waals surface area contributed by atoms with E-state index >= 15 is 0 Å². The number of para-hydroxylation sites is 2. The number of fused-ring (bicyclic) bond motifs is 7. The number of hydrogen-bond donors (Lipinski definition) is 0. The summed E-state index contributed by atoms with van der Waals surface area (Å²) < 4.78 is 4.62. The molecule has 3 nitrogen and oxygen atoms in total. The van der Waals surface area contributed by atoms with Gasteiger partial charge in [0.05, 0.1) is 22.4 Å². The van der Waals surface area contributed by atoms with E-state index in [1.165, 1.54) is 72.0 Å². The predicted octanol–water partition coefficient (Wildman–Crippen LogP) is 13.4. The lowest BCUT2D eigenvalue weighted by atomic mass is 9.81. The summed E-state index contributed by atoms with van der Waals surface area (Å²) in [4.78, 5) is 5.15. The zero-order valence-corrected chi connectivity index (χ0v) is 30.7. The van der Waals surface area contributed by atoms with Crippen molar-refractivity contribution in [1.29, 1.82) is 0 Å². The normalized spacial score (nSPS) is 13.1. The van der Waals surface area contributed by atoms with Gasteiger partial charge in [-0.25, -0.2) is 4.98 Å². The van der Waals surface area contributed by atoms with Crippen LogP contribution in [0.1, 0.15) is 25.0 Å². The third kappa shape index (κ3) is 4.79. The van der Waals surface area contributed by atoms with Crippen LogP contribution in [0, 0.1) is 0 Å². The van der Waals surface area contributed by atoms with E-state index in [2.05, 4.69) is 205 Å². The fourth-order valence-electron chi connectivity index (χ4n) is 9.12. The summed E-state index contributed by atoms with van der Waals surface area (Å²) >= 11 is 0. The lowest BCUT2D eigenvalue weighted by Gasteiger charge is -2.22. The fourth-order valence-corrected chi connectivity index (χ4v) is 9.12. The molecule has 7 aromatic carbocycles. The number of nitrogens with zero attached hydrogens (tertiary/aromatic N) is 3. The van der Waals surface area contributed by atoms with Crippen LogP contribution in [0.3, 0.4) is 0 Å². The maximum absolute atomic E-state index is 5.15. The van der Waals surface area contributed by atoms with Crippen molar-refractivity contribution >= 4 is 27.5 Å². The van der Waals surface area contributed by atoms with Crippen LogP contribution in [0.2, 0.25) is 0 Å². The van der Waals surface area contributed by atoms with Crippen LogP contribution in [0.25, 0.3) is 89.0 Å². The van der Waals surface area contributed by atoms with Crippen molar-refractivity contribution in [2.75, 3.05) is 0 Å². The first-order valence-corrected chi connectivity index (χ1v) is 19.1. The third-order valence-corrected chi connectivity index (χ3v) is 11.7. The smallest absolute Gasteiger partial charge is 0.137 e. The van der Waals surface area contributed by atoms with Gasteiger partial charge in [-0.1, -0.05) is 141 Å². The summed E-state index contributed by atoms with van der Waals surface area (Å²) in [5.74, 6) is 0. The molecule has 0 saturated heterocycles. The van der Waals surface area contributed by atoms with Crippen molar-refractivity contribution in [3.8, 4) is 61.6 Å². The molecule has 0 fully saturated rings. The van der Waals surface area contributed by atoms with Crippen LogP contribution in [-0.4, -0.2) is 14.0 Å². The summed E-state index contributed by atoms with van der Waals surface area (Å²) in [6.07, 6.45) is 2.10. The maximum Gasteiger partial charge on any atom is 0.137 e. The Hall–Kier alpha value is -6.97. The van der Waals surface area contributed by atoms with Crippen LogP contribution in [0.15, 0.2) is 188 Å². The highest BCUT2D eigenvalue weighted by Gasteiger charge is 2.38. The van der Waals surface area contributed by atoms with Crippen LogP contribution in [0.4, 0.5) is 0 Å². The fraction of sp³-hybridized carbons (Fsp3) is 0.0577. The molecule has 10 aromatic rings. The molecular formula is C52H37N3. The van der Waals surface area contributed by atoms with Gasteiger partial charge in [0, 0.05) is 39.2 Å². The van der Waals surface area contributed by atoms with Gasteiger partial charge in [0.2, 0.25) is 0 Å². The van der Waals surface area contributed by atoms with Gasteiger partial charge in [-0.2, -0.15) is 0 Å². The van der Waals surface area contributed by atoms with Crippen molar-refractivity contribution in [1.82, 2.24) is 14.0 Å². The first kappa shape index (κ1) is 31.5. The van der Waals surface area contributed by atoms with E-state index in [0.717, 1.165) is 28.2 Å². The lowest BCUT2D eigenvalue weighted by molar-refractivity contribution is 0.661. The van der Waals surface area contributed by atoms with Gasteiger partial charge in [-0.3, -0.25) is 4.40 Å². The Kier molecular flexibility index (Phi) is 6.90. The van der Waals surface area contributed by atoms with Crippen molar-refractivity contribution in [2.24, 2.45) is 0 Å². The standard InChI is InChI=1S/C52H37N3/c1-52(2)44-26-15-25-40(49(44)43-32-42-41-24-9-10-27-46(41)55(47(42)33-45(43)52)39-22-7-4-8-23-39)37-20-13-18-35(30-37)36-19-14-21-38(31-36)50-51(34-16-5-3-6-17-34)54-29-12-11-28-48(54)53-50/h3-33H,1-2H3. The Morgan fingerprint density at radius 3 is 1.93 bits per heavy atom. The van der Waals surface area contributed by atoms with Gasteiger partial charge < -0.3 is 4.57 Å². The van der Waals surface area contributed by atoms with E-state index in [9.17, 15) is 0 Å². The number of pyridine rings is 1. The van der Waals surface area contributed by atoms with Crippen molar-refractivity contribution in [3.05, 3.63) is 199 Å². The largest absolute Gasteiger partial charge is 0.309 e. The molecule has 1 aliphatic carbocycles. The quantitative estimate of drug-likeness (QED) is 0.175. The molecule has 0 bridgehead atoms. The average Bonchev–Trinajstić information content (AvgIpc) is 3.86. The Labute approximate surface area is 320 Å². The van der Waals surface area contributed by atoms with Gasteiger partial charge in [-0.15, -0.1) is 0 Å². The Balaban J connectivity index is 1.06. The van der Waals surface area contributed by atoms with Gasteiger partial charge >= 0.3 is 0 Å². The molecule has 0 atom stereocenters. The first-order chi connectivity index (χ1) is 27.0. The summed E-state index contributed by atoms with van der Waals surface area (Å²) in [5.41, 5.74) is 19.0. The Morgan fingerprint density at radius 1 is 0.455 bits per heavy atom. The second kappa shape index (κ2) is 12.0. The van der Waals surface area contributed by atoms with Crippen molar-refractivity contribution in [3.63, 3.8) is 0 Å². The zero-order valence-electron chi connectivity index (χ0n) is 30.7. The minimum Gasteiger partial charge on any atom is -0.309 e. The van der Waals surface area contributed by atoms with Gasteiger partial charge in [0.15, 0.2) is 0 Å². The number of benzene rings is 7. The highest BCUT2D eigenvalue weighted by Crippen LogP contribution is 2.54. The molecule has 3 heterocycles. The predicted molar refractivity (Wildman–Crippen MR) is 229 cm³/mol. The molecule has 260 valence electrons. The first-order valence-electron chi connectivity index (χ1n) is 19.1. The SMILES string of the molecule is CC1(C)c2cc3c(cc2-c2c(-c4cccc(-c5cccc(-c6nc7ccccn7c6-c6ccccc6)c5)c4)cccc21)c1ccccc1n3-c1ccccc1. The average molecular weight is 704 g/mol. The monoisotopic (exact) mass is 703 g/mol. The molecule has 0 N–H and O–H groups in total. The molecule has 0 spiro atoms. The highest BCUT2D eigenvalue weighted by atomic mass is 15.0. The summed E-state index contributed by atoms with van der Waals surface area (Å²) in [7, 11) is 0. The molecule has 0 radical (unpaired) electrons. The maximum atomic E-state index is 5.15. The molecule has 0 unspecified atom stereocenters. The molecule has 3 heteroatoms. The molecule has 0 saturated carbocycles. The van der Waals surface area contributed by atoms with Crippen molar-refractivity contribution < 1.29 is 0 Å². The Bertz CT molecular complexity index is 3110. The van der Waals surface area contributed by atoms with Gasteiger partial charge in [0.1, 0.15) is 5.65 Å². The van der Waals surface area contributed by atoms with E-state index in [4.69, 9.17) is 4.98 Å². The summed E-state index contributed by atoms with van der Waals surface area (Å²) in [6.45, 7) is 4.77. The van der Waals surface area contributed by atoms with E-state index in [-0.39, 0.29) is 5.41 Å². The number of imidazole rings is 1. The third-order valence-electron chi connectivity index (χ3n) is 11.7. The second-order valence-corrected chi connectivity index (χ2v) is 15.2. The van der Waals surface area contributed by atoms with Crippen LogP contribution in [0.5, 0.6) is 0 Å². The molecular weight excluding hydrogens is 667 g/mol. The molecule has 11 rings (SSSR count). The van der Waals surface area contributed by atoms with Crippen molar-refractivity contribution in [2.45, 2.75) is 19.3 Å². The van der Waals surface area contributed by atoms with Crippen LogP contribution < -0.4 is 0 Å². The van der Waals surface area contributed by atoms with Crippen LogP contribution in [-0.2, 0) is 5.41 Å². The molecule has 55 heavy (non-hydrogen) atoms. The minimum atomic E-state index is -0.163. The second-order valence-electron chi connectivity index (χ2n) is 15.2. The van der Waals surface area contributed by atoms with Gasteiger partial charge in [-0.05, 0) is 99.1 Å². The van der Waals surface area contributed by atoms with E-state index in [0.29, 0.717) is 0 Å². The Morgan fingerprint density at radius 2 is 1.11 bits per heavy atom. The molecule has 0 aliphatic heterocycles. The summed E-state index contributed by atoms with van der Waals surface area (Å²) in [5, 5.41) is 2.56. The number of rotatable bonds is 5. The van der Waals surface area contributed by atoms with E-state index < -0.39 is 0 Å².